The second-order valence-corrected chi connectivity index (χ2v) is 5.82. The third-order valence-corrected chi connectivity index (χ3v) is 3.24. The van der Waals surface area contributed by atoms with Gasteiger partial charge in [0, 0.05) is 12.5 Å². The molecule has 1 fully saturated rings. The Kier molecular flexibility index (Phi) is 5.59. The number of hydrogen-bond acceptors (Lipinski definition) is 3. The smallest absolute Gasteiger partial charge is 0.239 e. The van der Waals surface area contributed by atoms with Gasteiger partial charge in [0.1, 0.15) is 0 Å². The van der Waals surface area contributed by atoms with Gasteiger partial charge in [0.05, 0.1) is 6.54 Å². The lowest BCUT2D eigenvalue weighted by atomic mass is 9.84. The monoisotopic (exact) mass is 255 g/mol. The maximum absolute atomic E-state index is 11.6. The molecule has 1 saturated carbocycles. The van der Waals surface area contributed by atoms with Crippen molar-refractivity contribution in [2.45, 2.75) is 52.0 Å². The molecule has 1 aliphatic rings. The van der Waals surface area contributed by atoms with Gasteiger partial charge in [0.25, 0.3) is 0 Å². The van der Waals surface area contributed by atoms with E-state index in [0.717, 1.165) is 25.7 Å². The highest BCUT2D eigenvalue weighted by Crippen LogP contribution is 2.25. The van der Waals surface area contributed by atoms with E-state index in [4.69, 9.17) is 5.73 Å². The Labute approximate surface area is 109 Å². The average molecular weight is 255 g/mol. The van der Waals surface area contributed by atoms with Crippen molar-refractivity contribution in [2.75, 3.05) is 13.1 Å². The van der Waals surface area contributed by atoms with E-state index >= 15 is 0 Å². The number of hydrogen-bond donors (Lipinski definition) is 3. The van der Waals surface area contributed by atoms with Gasteiger partial charge >= 0.3 is 0 Å². The quantitative estimate of drug-likeness (QED) is 0.592. The number of carbonyl (C=O) groups excluding carboxylic acids is 2. The molecule has 1 aliphatic carbocycles. The molecular formula is C13H25N3O2. The first-order valence-corrected chi connectivity index (χ1v) is 6.69. The fourth-order valence-electron chi connectivity index (χ4n) is 1.74. The number of amides is 2. The summed E-state index contributed by atoms with van der Waals surface area (Å²) in [4.78, 5) is 22.9. The summed E-state index contributed by atoms with van der Waals surface area (Å²) < 4.78 is 0. The van der Waals surface area contributed by atoms with Crippen molar-refractivity contribution in [2.24, 2.45) is 11.1 Å². The van der Waals surface area contributed by atoms with Crippen LogP contribution < -0.4 is 16.4 Å². The molecule has 18 heavy (non-hydrogen) atoms. The lowest BCUT2D eigenvalue weighted by Crippen LogP contribution is -2.38. The summed E-state index contributed by atoms with van der Waals surface area (Å²) in [6.07, 6.45) is 4.27. The van der Waals surface area contributed by atoms with Crippen LogP contribution in [0.5, 0.6) is 0 Å². The number of nitrogens with two attached hydrogens (primary N) is 1. The Morgan fingerprint density at radius 3 is 2.44 bits per heavy atom. The van der Waals surface area contributed by atoms with Crippen LogP contribution >= 0.6 is 0 Å². The molecule has 0 saturated heterocycles. The predicted octanol–water partition coefficient (Wildman–Crippen LogP) is 0.536. The van der Waals surface area contributed by atoms with Crippen LogP contribution in [0.3, 0.4) is 0 Å². The number of carbonyl (C=O) groups is 2. The minimum atomic E-state index is -0.0907. The summed E-state index contributed by atoms with van der Waals surface area (Å²) in [5, 5.41) is 5.48. The molecule has 0 bridgehead atoms. The first kappa shape index (κ1) is 15.0. The minimum absolute atomic E-state index is 0.0638. The summed E-state index contributed by atoms with van der Waals surface area (Å²) >= 11 is 0. The van der Waals surface area contributed by atoms with Crippen LogP contribution in [0.4, 0.5) is 0 Å². The van der Waals surface area contributed by atoms with E-state index < -0.39 is 0 Å². The van der Waals surface area contributed by atoms with Crippen LogP contribution in [0, 0.1) is 5.41 Å². The van der Waals surface area contributed by atoms with Crippen molar-refractivity contribution >= 4 is 11.8 Å². The maximum atomic E-state index is 11.6. The van der Waals surface area contributed by atoms with E-state index in [-0.39, 0.29) is 23.8 Å². The molecular weight excluding hydrogens is 230 g/mol. The van der Waals surface area contributed by atoms with Crippen LogP contribution in [-0.4, -0.2) is 30.9 Å². The number of nitrogens with one attached hydrogen (secondary N) is 2. The summed E-state index contributed by atoms with van der Waals surface area (Å²) in [7, 11) is 0. The molecule has 5 heteroatoms. The Morgan fingerprint density at radius 2 is 1.89 bits per heavy atom. The second-order valence-electron chi connectivity index (χ2n) is 5.82. The highest BCUT2D eigenvalue weighted by molar-refractivity contribution is 5.84. The minimum Gasteiger partial charge on any atom is -0.352 e. The topological polar surface area (TPSA) is 84.2 Å². The molecule has 0 heterocycles. The molecule has 0 aromatic rings. The van der Waals surface area contributed by atoms with Crippen molar-refractivity contribution in [3.05, 3.63) is 0 Å². The van der Waals surface area contributed by atoms with Gasteiger partial charge in [-0.15, -0.1) is 0 Å². The van der Waals surface area contributed by atoms with Crippen molar-refractivity contribution in [3.63, 3.8) is 0 Å². The first-order valence-electron chi connectivity index (χ1n) is 6.69. The zero-order chi connectivity index (χ0) is 13.6. The molecule has 0 aromatic heterocycles. The van der Waals surface area contributed by atoms with Crippen LogP contribution in [0.25, 0.3) is 0 Å². The zero-order valence-electron chi connectivity index (χ0n) is 11.4. The van der Waals surface area contributed by atoms with Crippen LogP contribution in [-0.2, 0) is 9.59 Å². The van der Waals surface area contributed by atoms with Gasteiger partial charge in [-0.2, -0.15) is 0 Å². The Hall–Kier alpha value is -1.10. The third-order valence-electron chi connectivity index (χ3n) is 3.24. The lowest BCUT2D eigenvalue weighted by molar-refractivity contribution is -0.126. The second kappa shape index (κ2) is 6.73. The summed E-state index contributed by atoms with van der Waals surface area (Å²) in [5.41, 5.74) is 5.60. The molecule has 0 aromatic carbocycles. The third kappa shape index (κ3) is 6.59. The normalized spacial score (nSPS) is 15.3. The largest absolute Gasteiger partial charge is 0.352 e. The molecule has 0 unspecified atom stereocenters. The van der Waals surface area contributed by atoms with Gasteiger partial charge in [0.15, 0.2) is 0 Å². The van der Waals surface area contributed by atoms with E-state index in [0.29, 0.717) is 19.0 Å². The molecule has 4 N–H and O–H groups in total. The summed E-state index contributed by atoms with van der Waals surface area (Å²) in [6.45, 7) is 4.94. The van der Waals surface area contributed by atoms with Crippen molar-refractivity contribution in [1.82, 2.24) is 10.6 Å². The van der Waals surface area contributed by atoms with Gasteiger partial charge in [-0.3, -0.25) is 9.59 Å². The molecule has 0 atom stereocenters. The molecule has 0 spiro atoms. The van der Waals surface area contributed by atoms with Crippen LogP contribution in [0.2, 0.25) is 0 Å². The molecule has 2 amide bonds. The maximum Gasteiger partial charge on any atom is 0.239 e. The Balaban J connectivity index is 2.10. The first-order chi connectivity index (χ1) is 8.43. The van der Waals surface area contributed by atoms with E-state index in [1.54, 1.807) is 0 Å². The SMILES string of the molecule is CC(C)(CCN)CCC(=O)NCC(=O)NC1CC1. The fourth-order valence-corrected chi connectivity index (χ4v) is 1.74. The van der Waals surface area contributed by atoms with Crippen LogP contribution in [0.1, 0.15) is 46.0 Å². The van der Waals surface area contributed by atoms with Crippen molar-refractivity contribution in [1.29, 1.82) is 0 Å². The summed E-state index contributed by atoms with van der Waals surface area (Å²) in [5.74, 6) is -0.155. The van der Waals surface area contributed by atoms with E-state index in [1.165, 1.54) is 0 Å². The molecule has 5 nitrogen and oxygen atoms in total. The summed E-state index contributed by atoms with van der Waals surface area (Å²) in [6, 6.07) is 0.345. The van der Waals surface area contributed by atoms with Gasteiger partial charge in [-0.25, -0.2) is 0 Å². The zero-order valence-corrected chi connectivity index (χ0v) is 11.4. The predicted molar refractivity (Wildman–Crippen MR) is 70.9 cm³/mol. The Bertz CT molecular complexity index is 299. The molecule has 0 radical (unpaired) electrons. The Morgan fingerprint density at radius 1 is 1.22 bits per heavy atom. The standard InChI is InChI=1S/C13H25N3O2/c1-13(2,7-8-14)6-5-11(17)15-9-12(18)16-10-3-4-10/h10H,3-9,14H2,1-2H3,(H,15,17)(H,16,18). The lowest BCUT2D eigenvalue weighted by Gasteiger charge is -2.23. The van der Waals surface area contributed by atoms with E-state index in [9.17, 15) is 9.59 Å². The fraction of sp³-hybridized carbons (Fsp3) is 0.846. The van der Waals surface area contributed by atoms with Gasteiger partial charge in [-0.05, 0) is 37.6 Å². The van der Waals surface area contributed by atoms with Crippen LogP contribution in [0.15, 0.2) is 0 Å². The average Bonchev–Trinajstić information content (AvgIpc) is 3.07. The molecule has 0 aliphatic heterocycles. The van der Waals surface area contributed by atoms with E-state index in [2.05, 4.69) is 24.5 Å². The van der Waals surface area contributed by atoms with Gasteiger partial charge in [0.2, 0.25) is 11.8 Å². The highest BCUT2D eigenvalue weighted by atomic mass is 16.2. The highest BCUT2D eigenvalue weighted by Gasteiger charge is 2.23. The molecule has 1 rings (SSSR count). The van der Waals surface area contributed by atoms with Crippen molar-refractivity contribution < 1.29 is 9.59 Å². The van der Waals surface area contributed by atoms with Gasteiger partial charge < -0.3 is 16.4 Å². The van der Waals surface area contributed by atoms with Crippen molar-refractivity contribution in [3.8, 4) is 0 Å². The number of rotatable bonds is 8. The molecule has 104 valence electrons. The van der Waals surface area contributed by atoms with E-state index in [1.807, 2.05) is 0 Å². The van der Waals surface area contributed by atoms with Gasteiger partial charge in [-0.1, -0.05) is 13.8 Å².